The molecule has 0 bridgehead atoms. The predicted molar refractivity (Wildman–Crippen MR) is 82.4 cm³/mol. The Hall–Kier alpha value is -2.13. The summed E-state index contributed by atoms with van der Waals surface area (Å²) in [5.41, 5.74) is 3.53. The number of fused-ring (bicyclic) bond motifs is 1. The van der Waals surface area contributed by atoms with E-state index in [1.165, 1.54) is 11.1 Å². The van der Waals surface area contributed by atoms with Crippen LogP contribution in [0.1, 0.15) is 24.4 Å². The molecule has 20 heavy (non-hydrogen) atoms. The molecular weight excluding hydrogens is 246 g/mol. The first-order valence-corrected chi connectivity index (χ1v) is 6.94. The van der Waals surface area contributed by atoms with Crippen molar-refractivity contribution in [2.24, 2.45) is 7.05 Å². The molecule has 0 spiro atoms. The summed E-state index contributed by atoms with van der Waals surface area (Å²) < 4.78 is 2.15. The van der Waals surface area contributed by atoms with Crippen LogP contribution in [0, 0.1) is 0 Å². The van der Waals surface area contributed by atoms with E-state index < -0.39 is 0 Å². The van der Waals surface area contributed by atoms with Crippen molar-refractivity contribution in [1.82, 2.24) is 14.9 Å². The highest BCUT2D eigenvalue weighted by molar-refractivity contribution is 5.75. The summed E-state index contributed by atoms with van der Waals surface area (Å²) in [7, 11) is 2.07. The molecular formula is C17H19N3. The van der Waals surface area contributed by atoms with Crippen molar-refractivity contribution in [3.63, 3.8) is 0 Å². The van der Waals surface area contributed by atoms with E-state index in [1.807, 2.05) is 18.2 Å². The minimum Gasteiger partial charge on any atom is -0.330 e. The first kappa shape index (κ1) is 12.9. The summed E-state index contributed by atoms with van der Waals surface area (Å²) >= 11 is 0. The molecule has 2 aromatic carbocycles. The maximum absolute atomic E-state index is 4.68. The topological polar surface area (TPSA) is 29.9 Å². The van der Waals surface area contributed by atoms with Gasteiger partial charge in [-0.3, -0.25) is 0 Å². The van der Waals surface area contributed by atoms with E-state index >= 15 is 0 Å². The second-order valence-corrected chi connectivity index (χ2v) is 5.09. The summed E-state index contributed by atoms with van der Waals surface area (Å²) in [5, 5.41) is 3.53. The van der Waals surface area contributed by atoms with Crippen LogP contribution in [-0.4, -0.2) is 9.55 Å². The van der Waals surface area contributed by atoms with Gasteiger partial charge in [0, 0.05) is 13.1 Å². The molecule has 0 fully saturated rings. The molecule has 1 unspecified atom stereocenters. The Bertz CT molecular complexity index is 701. The van der Waals surface area contributed by atoms with Gasteiger partial charge in [0.05, 0.1) is 17.6 Å². The predicted octanol–water partition coefficient (Wildman–Crippen LogP) is 3.42. The Morgan fingerprint density at radius 2 is 1.75 bits per heavy atom. The normalized spacial score (nSPS) is 12.7. The molecule has 0 aliphatic carbocycles. The first-order chi connectivity index (χ1) is 9.75. The third-order valence-corrected chi connectivity index (χ3v) is 3.75. The molecule has 0 saturated carbocycles. The van der Waals surface area contributed by atoms with Crippen LogP contribution >= 0.6 is 0 Å². The maximum Gasteiger partial charge on any atom is 0.123 e. The van der Waals surface area contributed by atoms with Crippen LogP contribution in [0.5, 0.6) is 0 Å². The maximum atomic E-state index is 4.68. The first-order valence-electron chi connectivity index (χ1n) is 6.94. The second-order valence-electron chi connectivity index (χ2n) is 5.09. The quantitative estimate of drug-likeness (QED) is 0.783. The summed E-state index contributed by atoms with van der Waals surface area (Å²) in [6, 6.07) is 19.0. The van der Waals surface area contributed by atoms with Crippen molar-refractivity contribution >= 4 is 11.0 Å². The molecule has 3 nitrogen and oxygen atoms in total. The Kier molecular flexibility index (Phi) is 3.52. The van der Waals surface area contributed by atoms with Gasteiger partial charge in [0.1, 0.15) is 5.82 Å². The fourth-order valence-electron chi connectivity index (χ4n) is 2.46. The van der Waals surface area contributed by atoms with Crippen molar-refractivity contribution in [1.29, 1.82) is 0 Å². The zero-order chi connectivity index (χ0) is 13.9. The molecule has 1 atom stereocenters. The molecule has 102 valence electrons. The van der Waals surface area contributed by atoms with E-state index in [4.69, 9.17) is 0 Å². The fourth-order valence-corrected chi connectivity index (χ4v) is 2.46. The van der Waals surface area contributed by atoms with Crippen LogP contribution in [0.15, 0.2) is 54.6 Å². The Balaban J connectivity index is 1.76. The third kappa shape index (κ3) is 2.45. The number of hydrogen-bond donors (Lipinski definition) is 1. The summed E-state index contributed by atoms with van der Waals surface area (Å²) in [6.07, 6.45) is 0. The van der Waals surface area contributed by atoms with Gasteiger partial charge in [-0.25, -0.2) is 4.98 Å². The van der Waals surface area contributed by atoms with Gasteiger partial charge in [-0.15, -0.1) is 0 Å². The Morgan fingerprint density at radius 3 is 2.50 bits per heavy atom. The van der Waals surface area contributed by atoms with E-state index in [-0.39, 0.29) is 0 Å². The minimum absolute atomic E-state index is 0.316. The Morgan fingerprint density at radius 1 is 1.05 bits per heavy atom. The number of rotatable bonds is 4. The number of nitrogens with zero attached hydrogens (tertiary/aromatic N) is 2. The van der Waals surface area contributed by atoms with Crippen LogP contribution < -0.4 is 5.32 Å². The standard InChI is InChI=1S/C17H19N3/c1-13(14-8-4-3-5-9-14)18-12-17-19-15-10-6-7-11-16(15)20(17)2/h3-11,13,18H,12H2,1-2H3. The lowest BCUT2D eigenvalue weighted by Crippen LogP contribution is -2.20. The summed E-state index contributed by atoms with van der Waals surface area (Å²) in [6.45, 7) is 2.94. The van der Waals surface area contributed by atoms with Gasteiger partial charge < -0.3 is 9.88 Å². The highest BCUT2D eigenvalue weighted by atomic mass is 15.1. The number of nitrogens with one attached hydrogen (secondary N) is 1. The van der Waals surface area contributed by atoms with E-state index in [0.717, 1.165) is 17.9 Å². The zero-order valence-corrected chi connectivity index (χ0v) is 11.9. The van der Waals surface area contributed by atoms with Crippen LogP contribution in [0.25, 0.3) is 11.0 Å². The highest BCUT2D eigenvalue weighted by Gasteiger charge is 2.09. The van der Waals surface area contributed by atoms with Gasteiger partial charge in [-0.05, 0) is 24.6 Å². The van der Waals surface area contributed by atoms with Gasteiger partial charge in [0.25, 0.3) is 0 Å². The van der Waals surface area contributed by atoms with E-state index in [1.54, 1.807) is 0 Å². The van der Waals surface area contributed by atoms with Crippen LogP contribution in [0.2, 0.25) is 0 Å². The van der Waals surface area contributed by atoms with Gasteiger partial charge in [-0.1, -0.05) is 42.5 Å². The fraction of sp³-hybridized carbons (Fsp3) is 0.235. The van der Waals surface area contributed by atoms with Crippen LogP contribution in [-0.2, 0) is 13.6 Å². The third-order valence-electron chi connectivity index (χ3n) is 3.75. The number of aromatic nitrogens is 2. The zero-order valence-electron chi connectivity index (χ0n) is 11.9. The minimum atomic E-state index is 0.316. The molecule has 3 aromatic rings. The lowest BCUT2D eigenvalue weighted by atomic mass is 10.1. The molecule has 3 rings (SSSR count). The van der Waals surface area contributed by atoms with Crippen molar-refractivity contribution in [3.05, 3.63) is 66.0 Å². The molecule has 1 N–H and O–H groups in total. The molecule has 0 saturated heterocycles. The number of imidazole rings is 1. The van der Waals surface area contributed by atoms with Gasteiger partial charge in [0.15, 0.2) is 0 Å². The second kappa shape index (κ2) is 5.47. The van der Waals surface area contributed by atoms with Crippen molar-refractivity contribution in [3.8, 4) is 0 Å². The highest BCUT2D eigenvalue weighted by Crippen LogP contribution is 2.16. The molecule has 0 amide bonds. The van der Waals surface area contributed by atoms with Gasteiger partial charge in [0.2, 0.25) is 0 Å². The summed E-state index contributed by atoms with van der Waals surface area (Å²) in [5.74, 6) is 1.06. The molecule has 1 heterocycles. The number of para-hydroxylation sites is 2. The van der Waals surface area contributed by atoms with E-state index in [0.29, 0.717) is 6.04 Å². The SMILES string of the molecule is CC(NCc1nc2ccccc2n1C)c1ccccc1. The number of aryl methyl sites for hydroxylation is 1. The molecule has 0 radical (unpaired) electrons. The van der Waals surface area contributed by atoms with Gasteiger partial charge in [-0.2, -0.15) is 0 Å². The summed E-state index contributed by atoms with van der Waals surface area (Å²) in [4.78, 5) is 4.68. The number of benzene rings is 2. The van der Waals surface area contributed by atoms with E-state index in [2.05, 4.69) is 65.2 Å². The lowest BCUT2D eigenvalue weighted by molar-refractivity contribution is 0.551. The van der Waals surface area contributed by atoms with Crippen molar-refractivity contribution in [2.75, 3.05) is 0 Å². The van der Waals surface area contributed by atoms with Gasteiger partial charge >= 0.3 is 0 Å². The molecule has 0 aliphatic heterocycles. The van der Waals surface area contributed by atoms with Crippen molar-refractivity contribution < 1.29 is 0 Å². The van der Waals surface area contributed by atoms with Crippen LogP contribution in [0.4, 0.5) is 0 Å². The average Bonchev–Trinajstić information content (AvgIpc) is 2.83. The Labute approximate surface area is 119 Å². The van der Waals surface area contributed by atoms with Crippen molar-refractivity contribution in [2.45, 2.75) is 19.5 Å². The lowest BCUT2D eigenvalue weighted by Gasteiger charge is -2.13. The molecule has 1 aromatic heterocycles. The monoisotopic (exact) mass is 265 g/mol. The van der Waals surface area contributed by atoms with Crippen LogP contribution in [0.3, 0.4) is 0 Å². The molecule has 0 aliphatic rings. The largest absolute Gasteiger partial charge is 0.330 e. The van der Waals surface area contributed by atoms with E-state index in [9.17, 15) is 0 Å². The smallest absolute Gasteiger partial charge is 0.123 e. The number of hydrogen-bond acceptors (Lipinski definition) is 2. The molecule has 3 heteroatoms. The average molecular weight is 265 g/mol.